The fourth-order valence-corrected chi connectivity index (χ4v) is 9.10. The van der Waals surface area contributed by atoms with Gasteiger partial charge in [-0.05, 0) is 74.8 Å². The largest absolute Gasteiger partial charge is 0.381 e. The third-order valence-electron chi connectivity index (χ3n) is 9.71. The van der Waals surface area contributed by atoms with Crippen molar-refractivity contribution in [3.8, 4) is 11.3 Å². The zero-order chi connectivity index (χ0) is 32.0. The molecule has 246 valence electrons. The van der Waals surface area contributed by atoms with Gasteiger partial charge in [0, 0.05) is 55.2 Å². The maximum Gasteiger partial charge on any atom is 0.237 e. The SMILES string of the molecule is O=C(CCc1ccc(N2C[C@@H]3C[C@H]2C[C@H]3OCc2c(-c3c(Cl)cccc3Cl)noc2C2CC2)c(F)c1)NS(=O)(=O)C1CCOCC1. The second kappa shape index (κ2) is 13.1. The number of halogens is 3. The second-order valence-corrected chi connectivity index (χ2v) is 15.6. The van der Waals surface area contributed by atoms with E-state index in [9.17, 15) is 13.2 Å². The first-order chi connectivity index (χ1) is 22.2. The highest BCUT2D eigenvalue weighted by Gasteiger charge is 2.46. The molecule has 1 aromatic heterocycles. The molecule has 9 nitrogen and oxygen atoms in total. The number of nitrogens with zero attached hydrogens (tertiary/aromatic N) is 2. The van der Waals surface area contributed by atoms with Crippen LogP contribution >= 0.6 is 23.2 Å². The Morgan fingerprint density at radius 3 is 2.52 bits per heavy atom. The van der Waals surface area contributed by atoms with Crippen LogP contribution in [0.25, 0.3) is 11.3 Å². The van der Waals surface area contributed by atoms with Crippen molar-refractivity contribution in [1.29, 1.82) is 0 Å². The number of nitrogens with one attached hydrogen (secondary N) is 1. The molecule has 3 heterocycles. The molecule has 3 atom stereocenters. The van der Waals surface area contributed by atoms with E-state index in [4.69, 9.17) is 37.2 Å². The van der Waals surface area contributed by atoms with Crippen molar-refractivity contribution in [1.82, 2.24) is 9.88 Å². The van der Waals surface area contributed by atoms with Crippen molar-refractivity contribution in [3.05, 3.63) is 69.1 Å². The minimum atomic E-state index is -3.75. The molecule has 1 N–H and O–H groups in total. The molecule has 4 fully saturated rings. The maximum absolute atomic E-state index is 15.4. The van der Waals surface area contributed by atoms with Gasteiger partial charge < -0.3 is 18.9 Å². The molecule has 2 saturated heterocycles. The molecule has 13 heteroatoms. The first-order valence-corrected chi connectivity index (χ1v) is 18.2. The number of ether oxygens (including phenoxy) is 2. The van der Waals surface area contributed by atoms with E-state index in [2.05, 4.69) is 14.8 Å². The van der Waals surface area contributed by atoms with Crippen molar-refractivity contribution >= 4 is 44.8 Å². The first-order valence-electron chi connectivity index (χ1n) is 15.9. The zero-order valence-corrected chi connectivity index (χ0v) is 27.6. The molecule has 2 aromatic carbocycles. The van der Waals surface area contributed by atoms with Gasteiger partial charge in [-0.3, -0.25) is 9.52 Å². The summed E-state index contributed by atoms with van der Waals surface area (Å²) in [5.41, 5.74) is 3.35. The summed E-state index contributed by atoms with van der Waals surface area (Å²) in [6.07, 6.45) is 4.74. The number of fused-ring (bicyclic) bond motifs is 2. The summed E-state index contributed by atoms with van der Waals surface area (Å²) >= 11 is 13.0. The molecule has 7 rings (SSSR count). The van der Waals surface area contributed by atoms with Gasteiger partial charge >= 0.3 is 0 Å². The quantitative estimate of drug-likeness (QED) is 0.246. The molecule has 2 aliphatic carbocycles. The van der Waals surface area contributed by atoms with Crippen LogP contribution in [0.3, 0.4) is 0 Å². The number of hydrogen-bond acceptors (Lipinski definition) is 8. The van der Waals surface area contributed by atoms with E-state index in [1.807, 2.05) is 6.07 Å². The van der Waals surface area contributed by atoms with Gasteiger partial charge in [0.1, 0.15) is 17.3 Å². The molecular formula is C33H36Cl2FN3O6S. The van der Waals surface area contributed by atoms with Crippen LogP contribution in [0.5, 0.6) is 0 Å². The van der Waals surface area contributed by atoms with Gasteiger partial charge in [-0.2, -0.15) is 0 Å². The lowest BCUT2D eigenvalue weighted by molar-refractivity contribution is -0.119. The number of aryl methyl sites for hydroxylation is 1. The van der Waals surface area contributed by atoms with Crippen LogP contribution < -0.4 is 9.62 Å². The van der Waals surface area contributed by atoms with E-state index in [0.717, 1.165) is 37.0 Å². The number of rotatable bonds is 11. The first kappa shape index (κ1) is 31.9. The maximum atomic E-state index is 15.4. The van der Waals surface area contributed by atoms with Crippen LogP contribution in [0.1, 0.15) is 67.8 Å². The molecular weight excluding hydrogens is 656 g/mol. The summed E-state index contributed by atoms with van der Waals surface area (Å²) in [5, 5.41) is 4.75. The predicted octanol–water partition coefficient (Wildman–Crippen LogP) is 6.41. The summed E-state index contributed by atoms with van der Waals surface area (Å²) < 4.78 is 60.1. The van der Waals surface area contributed by atoms with Crippen molar-refractivity contribution < 1.29 is 31.6 Å². The Labute approximate surface area is 277 Å². The molecule has 2 aliphatic heterocycles. The fourth-order valence-electron chi connectivity index (χ4n) is 7.12. The average Bonchev–Trinajstić information content (AvgIpc) is 3.49. The van der Waals surface area contributed by atoms with Crippen molar-refractivity contribution in [3.63, 3.8) is 0 Å². The summed E-state index contributed by atoms with van der Waals surface area (Å²) in [6, 6.07) is 10.5. The third-order valence-corrected chi connectivity index (χ3v) is 12.2. The smallest absolute Gasteiger partial charge is 0.237 e. The average molecular weight is 693 g/mol. The second-order valence-electron chi connectivity index (χ2n) is 12.8. The van der Waals surface area contributed by atoms with E-state index >= 15 is 4.39 Å². The van der Waals surface area contributed by atoms with E-state index in [1.165, 1.54) is 6.07 Å². The Bertz CT molecular complexity index is 1710. The number of aromatic nitrogens is 1. The van der Waals surface area contributed by atoms with E-state index in [0.29, 0.717) is 77.7 Å². The lowest BCUT2D eigenvalue weighted by atomic mass is 10.0. The van der Waals surface area contributed by atoms with Crippen molar-refractivity contribution in [2.24, 2.45) is 5.92 Å². The summed E-state index contributed by atoms with van der Waals surface area (Å²) in [5.74, 6) is 0.495. The Balaban J connectivity index is 0.951. The summed E-state index contributed by atoms with van der Waals surface area (Å²) in [7, 11) is -3.75. The highest BCUT2D eigenvalue weighted by Crippen LogP contribution is 2.47. The van der Waals surface area contributed by atoms with E-state index < -0.39 is 21.2 Å². The lowest BCUT2D eigenvalue weighted by Gasteiger charge is -2.33. The molecule has 4 aliphatic rings. The molecule has 2 saturated carbocycles. The predicted molar refractivity (Wildman–Crippen MR) is 172 cm³/mol. The number of carbonyl (C=O) groups is 1. The fraction of sp³-hybridized carbons (Fsp3) is 0.515. The number of anilines is 1. The molecule has 0 radical (unpaired) electrons. The highest BCUT2D eigenvalue weighted by atomic mass is 35.5. The minimum absolute atomic E-state index is 0.0241. The van der Waals surface area contributed by atoms with Gasteiger partial charge in [0.25, 0.3) is 0 Å². The normalized spacial score (nSPS) is 23.3. The molecule has 0 spiro atoms. The van der Waals surface area contributed by atoms with Crippen LogP contribution in [-0.4, -0.2) is 56.6 Å². The monoisotopic (exact) mass is 691 g/mol. The number of benzene rings is 2. The highest BCUT2D eigenvalue weighted by molar-refractivity contribution is 7.90. The number of amides is 1. The van der Waals surface area contributed by atoms with E-state index in [1.54, 1.807) is 24.3 Å². The number of hydrogen-bond donors (Lipinski definition) is 1. The summed E-state index contributed by atoms with van der Waals surface area (Å²) in [6.45, 7) is 1.75. The van der Waals surface area contributed by atoms with Gasteiger partial charge in [-0.1, -0.05) is 40.5 Å². The van der Waals surface area contributed by atoms with Crippen LogP contribution in [0, 0.1) is 11.7 Å². The van der Waals surface area contributed by atoms with Gasteiger partial charge in [-0.15, -0.1) is 0 Å². The molecule has 1 amide bonds. The Kier molecular flexibility index (Phi) is 9.06. The number of sulfonamides is 1. The Morgan fingerprint density at radius 1 is 1.09 bits per heavy atom. The van der Waals surface area contributed by atoms with Gasteiger partial charge in [-0.25, -0.2) is 12.8 Å². The molecule has 3 aromatic rings. The van der Waals surface area contributed by atoms with Crippen molar-refractivity contribution in [2.45, 2.75) is 81.3 Å². The Hall–Kier alpha value is -2.70. The standard InChI is InChI=1S/C33H36Cl2FN3O6S/c34-25-2-1-3-26(35)31(25)32-24(33(45-37-32)20-6-7-20)18-44-29-16-22-15-21(29)17-39(22)28-8-4-19(14-27(28)36)5-9-30(40)38-46(41,42)23-10-12-43-13-11-23/h1-4,8,14,20-23,29H,5-7,9-13,15-18H2,(H,38,40)/t21-,22-,29+/m0/s1. The van der Waals surface area contributed by atoms with E-state index in [-0.39, 0.29) is 36.7 Å². The van der Waals surface area contributed by atoms with Crippen LogP contribution in [0.4, 0.5) is 10.1 Å². The van der Waals surface area contributed by atoms with Gasteiger partial charge in [0.15, 0.2) is 0 Å². The van der Waals surface area contributed by atoms with Crippen LogP contribution in [-0.2, 0) is 37.3 Å². The number of piperidine rings is 1. The number of carbonyl (C=O) groups excluding carboxylic acids is 1. The zero-order valence-electron chi connectivity index (χ0n) is 25.2. The van der Waals surface area contributed by atoms with Gasteiger partial charge in [0.2, 0.25) is 15.9 Å². The topological polar surface area (TPSA) is 111 Å². The minimum Gasteiger partial charge on any atom is -0.381 e. The van der Waals surface area contributed by atoms with Gasteiger partial charge in [0.05, 0.1) is 33.7 Å². The van der Waals surface area contributed by atoms with Crippen molar-refractivity contribution in [2.75, 3.05) is 24.7 Å². The molecule has 0 unspecified atom stereocenters. The Morgan fingerprint density at radius 2 is 1.85 bits per heavy atom. The molecule has 46 heavy (non-hydrogen) atoms. The third kappa shape index (κ3) is 6.54. The lowest BCUT2D eigenvalue weighted by Crippen LogP contribution is -2.41. The summed E-state index contributed by atoms with van der Waals surface area (Å²) in [4.78, 5) is 14.5. The van der Waals surface area contributed by atoms with Crippen LogP contribution in [0.15, 0.2) is 40.9 Å². The molecule has 2 bridgehead atoms. The van der Waals surface area contributed by atoms with Crippen LogP contribution in [0.2, 0.25) is 10.0 Å².